The number of amides is 1. The summed E-state index contributed by atoms with van der Waals surface area (Å²) in [5, 5.41) is 0.942. The van der Waals surface area contributed by atoms with Crippen LogP contribution in [-0.2, 0) is 26.7 Å². The van der Waals surface area contributed by atoms with E-state index in [1.165, 1.54) is 6.92 Å². The minimum absolute atomic E-state index is 0.145. The third-order valence-corrected chi connectivity index (χ3v) is 15.3. The summed E-state index contributed by atoms with van der Waals surface area (Å²) >= 11 is 0. The fraction of sp³-hybridized carbons (Fsp3) is 0.789. The molecule has 0 aliphatic rings. The van der Waals surface area contributed by atoms with E-state index in [1.54, 1.807) is 6.92 Å². The van der Waals surface area contributed by atoms with Gasteiger partial charge in [-0.2, -0.15) is 0 Å². The van der Waals surface area contributed by atoms with Crippen LogP contribution in [0, 0.1) is 0 Å². The molecule has 31 heavy (non-hydrogen) atoms. The maximum Gasteiger partial charge on any atom is 0.469 e. The van der Waals surface area contributed by atoms with Crippen LogP contribution < -0.4 is 0 Å². The molecular formula is C19H43NO7Si4. The number of hydrogen-bond acceptors (Lipinski definition) is 7. The first-order valence-electron chi connectivity index (χ1n) is 10.7. The summed E-state index contributed by atoms with van der Waals surface area (Å²) in [5.74, 6) is -0.674. The summed E-state index contributed by atoms with van der Waals surface area (Å²) in [5.41, 5.74) is 0.198. The van der Waals surface area contributed by atoms with E-state index >= 15 is 0 Å². The first kappa shape index (κ1) is 30.2. The minimum Gasteiger partial charge on any atom is -0.448 e. The van der Waals surface area contributed by atoms with Crippen LogP contribution in [0.1, 0.15) is 20.3 Å². The van der Waals surface area contributed by atoms with Crippen LogP contribution in [0.4, 0.5) is 4.79 Å². The van der Waals surface area contributed by atoms with Gasteiger partial charge in [0.25, 0.3) is 0 Å². The van der Waals surface area contributed by atoms with Crippen LogP contribution in [-0.4, -0.2) is 64.0 Å². The zero-order valence-corrected chi connectivity index (χ0v) is 25.3. The van der Waals surface area contributed by atoms with Gasteiger partial charge in [-0.1, -0.05) is 6.58 Å². The van der Waals surface area contributed by atoms with Crippen LogP contribution >= 0.6 is 0 Å². The van der Waals surface area contributed by atoms with E-state index in [9.17, 15) is 9.59 Å². The zero-order chi connectivity index (χ0) is 24.7. The van der Waals surface area contributed by atoms with Gasteiger partial charge in [0.1, 0.15) is 0 Å². The maximum absolute atomic E-state index is 12.3. The van der Waals surface area contributed by atoms with E-state index in [2.05, 4.69) is 65.5 Å². The summed E-state index contributed by atoms with van der Waals surface area (Å²) in [6, 6.07) is 0.520. The second-order valence-corrected chi connectivity index (χ2v) is 27.4. The lowest BCUT2D eigenvalue weighted by Crippen LogP contribution is -2.60. The molecule has 0 saturated carbocycles. The van der Waals surface area contributed by atoms with Gasteiger partial charge in [0, 0.05) is 11.6 Å². The average molecular weight is 510 g/mol. The van der Waals surface area contributed by atoms with Crippen molar-refractivity contribution >= 4 is 45.8 Å². The van der Waals surface area contributed by atoms with Gasteiger partial charge < -0.3 is 21.9 Å². The monoisotopic (exact) mass is 509 g/mol. The van der Waals surface area contributed by atoms with E-state index in [0.29, 0.717) is 12.5 Å². The number of rotatable bonds is 12. The van der Waals surface area contributed by atoms with Gasteiger partial charge in [-0.05, 0) is 79.2 Å². The van der Waals surface area contributed by atoms with Crippen molar-refractivity contribution in [1.29, 1.82) is 0 Å². The molecule has 0 saturated heterocycles. The molecule has 0 spiro atoms. The molecule has 1 amide bonds. The molecule has 0 unspecified atom stereocenters. The Kier molecular flexibility index (Phi) is 11.6. The summed E-state index contributed by atoms with van der Waals surface area (Å²) in [6.07, 6.45) is -0.235. The Hall–Kier alpha value is -0.772. The highest BCUT2D eigenvalue weighted by Gasteiger charge is 2.49. The van der Waals surface area contributed by atoms with Crippen LogP contribution in [0.2, 0.25) is 65.0 Å². The van der Waals surface area contributed by atoms with Crippen molar-refractivity contribution in [3.63, 3.8) is 0 Å². The fourth-order valence-electron chi connectivity index (χ4n) is 2.60. The topological polar surface area (TPSA) is 83.5 Å². The molecule has 0 N–H and O–H groups in total. The zero-order valence-electron chi connectivity index (χ0n) is 21.3. The molecule has 0 radical (unpaired) electrons. The Morgan fingerprint density at radius 2 is 1.26 bits per heavy atom. The van der Waals surface area contributed by atoms with E-state index in [4.69, 9.17) is 21.9 Å². The number of hydroxylamine groups is 2. The quantitative estimate of drug-likeness (QED) is 0.199. The molecule has 0 aromatic rings. The Labute approximate surface area is 192 Å². The molecular weight excluding hydrogens is 467 g/mol. The predicted octanol–water partition coefficient (Wildman–Crippen LogP) is 5.36. The first-order valence-corrected chi connectivity index (χ1v) is 22.9. The van der Waals surface area contributed by atoms with E-state index in [0.717, 1.165) is 5.06 Å². The van der Waals surface area contributed by atoms with Crippen molar-refractivity contribution in [2.24, 2.45) is 0 Å². The highest BCUT2D eigenvalue weighted by molar-refractivity contribution is 6.90. The van der Waals surface area contributed by atoms with Gasteiger partial charge in [0.05, 0.1) is 13.2 Å². The molecule has 0 heterocycles. The standard InChI is InChI=1S/C19H43NO7Si4/c1-13-23-19(22)20(24-18(21)17(2)3)15-14-16-31(25-28(4,5)6,26-29(7,8)9)27-30(10,11)12/h2,13-16H2,1,3-12H3. The Morgan fingerprint density at radius 3 is 1.58 bits per heavy atom. The molecule has 0 fully saturated rings. The number of carbonyl (C=O) groups excluding carboxylic acids is 2. The van der Waals surface area contributed by atoms with Crippen molar-refractivity contribution in [1.82, 2.24) is 5.06 Å². The number of hydrogen-bond donors (Lipinski definition) is 0. The Morgan fingerprint density at radius 1 is 0.839 bits per heavy atom. The molecule has 0 atom stereocenters. The van der Waals surface area contributed by atoms with Crippen LogP contribution in [0.25, 0.3) is 0 Å². The highest BCUT2D eigenvalue weighted by Crippen LogP contribution is 2.30. The van der Waals surface area contributed by atoms with Crippen molar-refractivity contribution in [2.45, 2.75) is 85.2 Å². The summed E-state index contributed by atoms with van der Waals surface area (Å²) in [7, 11) is -9.01. The van der Waals surface area contributed by atoms with Gasteiger partial charge >= 0.3 is 20.9 Å². The van der Waals surface area contributed by atoms with Crippen LogP contribution in [0.5, 0.6) is 0 Å². The van der Waals surface area contributed by atoms with Gasteiger partial charge in [0.2, 0.25) is 0 Å². The second-order valence-electron chi connectivity index (χ2n) is 10.4. The van der Waals surface area contributed by atoms with Crippen molar-refractivity contribution in [2.75, 3.05) is 13.2 Å². The summed E-state index contributed by atoms with van der Waals surface area (Å²) in [4.78, 5) is 29.4. The third-order valence-electron chi connectivity index (χ3n) is 3.24. The molecule has 8 nitrogen and oxygen atoms in total. The lowest BCUT2D eigenvalue weighted by Gasteiger charge is -2.43. The molecule has 0 aromatic heterocycles. The molecule has 0 aromatic carbocycles. The maximum atomic E-state index is 12.3. The molecule has 12 heteroatoms. The fourth-order valence-corrected chi connectivity index (χ4v) is 17.2. The molecule has 0 aliphatic carbocycles. The van der Waals surface area contributed by atoms with Gasteiger partial charge in [-0.3, -0.25) is 0 Å². The molecule has 0 aliphatic heterocycles. The van der Waals surface area contributed by atoms with E-state index < -0.39 is 45.8 Å². The number of carbonyl (C=O) groups is 2. The SMILES string of the molecule is C=C(C)C(=O)ON(CCC[Si](O[Si](C)(C)C)(O[Si](C)(C)C)O[Si](C)(C)C)C(=O)OCC. The molecule has 0 rings (SSSR count). The van der Waals surface area contributed by atoms with Crippen molar-refractivity contribution in [3.8, 4) is 0 Å². The Balaban J connectivity index is 5.70. The number of nitrogens with zero attached hydrogens (tertiary/aromatic N) is 1. The van der Waals surface area contributed by atoms with Crippen molar-refractivity contribution in [3.05, 3.63) is 12.2 Å². The van der Waals surface area contributed by atoms with Gasteiger partial charge in [-0.25, -0.2) is 9.59 Å². The van der Waals surface area contributed by atoms with Gasteiger partial charge in [-0.15, -0.1) is 5.06 Å². The smallest absolute Gasteiger partial charge is 0.448 e. The molecule has 182 valence electrons. The summed E-state index contributed by atoms with van der Waals surface area (Å²) in [6.45, 7) is 26.2. The minimum atomic E-state index is -3.04. The summed E-state index contributed by atoms with van der Waals surface area (Å²) < 4.78 is 24.9. The van der Waals surface area contributed by atoms with E-state index in [1.807, 2.05) is 0 Å². The largest absolute Gasteiger partial charge is 0.469 e. The van der Waals surface area contributed by atoms with Crippen molar-refractivity contribution < 1.29 is 31.5 Å². The lowest BCUT2D eigenvalue weighted by molar-refractivity contribution is -0.176. The predicted molar refractivity (Wildman–Crippen MR) is 133 cm³/mol. The van der Waals surface area contributed by atoms with Crippen LogP contribution in [0.3, 0.4) is 0 Å². The third kappa shape index (κ3) is 14.1. The second kappa shape index (κ2) is 11.9. The van der Waals surface area contributed by atoms with Gasteiger partial charge in [0.15, 0.2) is 25.0 Å². The highest BCUT2D eigenvalue weighted by atomic mass is 28.5. The number of ether oxygens (including phenoxy) is 1. The normalized spacial score (nSPS) is 13.0. The Bertz CT molecular complexity index is 583. The first-order chi connectivity index (χ1) is 13.8. The van der Waals surface area contributed by atoms with E-state index in [-0.39, 0.29) is 18.7 Å². The van der Waals surface area contributed by atoms with Crippen LogP contribution in [0.15, 0.2) is 12.2 Å². The molecule has 0 bridgehead atoms. The lowest BCUT2D eigenvalue weighted by atomic mass is 10.4. The average Bonchev–Trinajstić information content (AvgIpc) is 2.48.